The summed E-state index contributed by atoms with van der Waals surface area (Å²) in [7, 11) is 2.93. The van der Waals surface area contributed by atoms with Crippen LogP contribution in [0.25, 0.3) is 0 Å². The number of hydrogen-bond donors (Lipinski definition) is 3. The molecule has 0 bridgehead atoms. The van der Waals surface area contributed by atoms with Gasteiger partial charge in [0.15, 0.2) is 23.0 Å². The molecule has 6 rings (SSSR count). The van der Waals surface area contributed by atoms with E-state index in [0.717, 1.165) is 16.7 Å². The average Bonchev–Trinajstić information content (AvgIpc) is 3.49. The molecular formula is C27H25NO8. The Morgan fingerprint density at radius 1 is 0.917 bits per heavy atom. The normalized spacial score (nSPS) is 23.4. The summed E-state index contributed by atoms with van der Waals surface area (Å²) < 4.78 is 27.8. The molecule has 36 heavy (non-hydrogen) atoms. The third kappa shape index (κ3) is 3.42. The number of aromatic hydroxyl groups is 2. The first-order valence-corrected chi connectivity index (χ1v) is 11.6. The Morgan fingerprint density at radius 3 is 2.28 bits per heavy atom. The van der Waals surface area contributed by atoms with Crippen molar-refractivity contribution in [2.45, 2.75) is 12.0 Å². The number of carbonyl (C=O) groups is 1. The molecule has 4 atom stereocenters. The molecule has 2 heterocycles. The number of rotatable bonds is 5. The van der Waals surface area contributed by atoms with Crippen LogP contribution in [0.1, 0.15) is 28.7 Å². The number of benzene rings is 3. The molecule has 3 aromatic carbocycles. The molecule has 1 saturated heterocycles. The molecule has 0 amide bonds. The van der Waals surface area contributed by atoms with Crippen molar-refractivity contribution in [1.82, 2.24) is 0 Å². The van der Waals surface area contributed by atoms with Crippen LogP contribution in [0, 0.1) is 11.8 Å². The van der Waals surface area contributed by atoms with E-state index in [0.29, 0.717) is 17.2 Å². The van der Waals surface area contributed by atoms with Crippen molar-refractivity contribution >= 4 is 11.7 Å². The molecule has 3 aromatic rings. The lowest BCUT2D eigenvalue weighted by atomic mass is 9.65. The minimum absolute atomic E-state index is 0.112. The molecule has 1 aliphatic carbocycles. The van der Waals surface area contributed by atoms with Gasteiger partial charge in [0.25, 0.3) is 0 Å². The highest BCUT2D eigenvalue weighted by molar-refractivity contribution is 5.79. The van der Waals surface area contributed by atoms with E-state index in [1.54, 1.807) is 30.3 Å². The van der Waals surface area contributed by atoms with Crippen LogP contribution in [-0.4, -0.2) is 43.8 Å². The molecule has 0 radical (unpaired) electrons. The molecule has 0 unspecified atom stereocenters. The first-order chi connectivity index (χ1) is 17.5. The van der Waals surface area contributed by atoms with E-state index >= 15 is 0 Å². The Kier molecular flexibility index (Phi) is 5.21. The summed E-state index contributed by atoms with van der Waals surface area (Å²) in [5, 5.41) is 24.0. The van der Waals surface area contributed by atoms with Gasteiger partial charge in [-0.25, -0.2) is 0 Å². The number of carbonyl (C=O) groups excluding carboxylic acids is 1. The van der Waals surface area contributed by atoms with Gasteiger partial charge in [-0.3, -0.25) is 4.79 Å². The minimum Gasteiger partial charge on any atom is -0.508 e. The lowest BCUT2D eigenvalue weighted by Crippen LogP contribution is -2.37. The zero-order valence-corrected chi connectivity index (χ0v) is 19.7. The van der Waals surface area contributed by atoms with Gasteiger partial charge in [0.1, 0.15) is 5.75 Å². The van der Waals surface area contributed by atoms with E-state index in [-0.39, 0.29) is 54.3 Å². The van der Waals surface area contributed by atoms with E-state index in [4.69, 9.17) is 23.7 Å². The van der Waals surface area contributed by atoms with Crippen LogP contribution in [0.15, 0.2) is 48.5 Å². The van der Waals surface area contributed by atoms with Gasteiger partial charge in [0.05, 0.1) is 32.8 Å². The van der Waals surface area contributed by atoms with Crippen LogP contribution in [0.4, 0.5) is 5.69 Å². The number of fused-ring (bicyclic) bond motifs is 3. The van der Waals surface area contributed by atoms with E-state index in [9.17, 15) is 15.0 Å². The standard InChI is InChI=1S/C27H25NO8/c1-32-21-6-13(7-22(33-2)26(21)30)23-16-9-19-20(36-12-35-19)10-17(16)25(18-11-34-27(31)24(18)23)28-14-4-3-5-15(29)8-14/h3-10,18,23-25,28-30H,11-12H2,1-2H3/t18-,23+,24-,25+/m0/s1. The molecule has 0 spiro atoms. The van der Waals surface area contributed by atoms with Crippen molar-refractivity contribution in [3.8, 4) is 34.5 Å². The third-order valence-corrected chi connectivity index (χ3v) is 7.22. The number of anilines is 1. The van der Waals surface area contributed by atoms with Gasteiger partial charge in [0.2, 0.25) is 12.5 Å². The summed E-state index contributed by atoms with van der Waals surface area (Å²) in [6.45, 7) is 0.347. The van der Waals surface area contributed by atoms with E-state index in [1.165, 1.54) is 14.2 Å². The van der Waals surface area contributed by atoms with Crippen LogP contribution in [0.5, 0.6) is 34.5 Å². The first-order valence-electron chi connectivity index (χ1n) is 11.6. The summed E-state index contributed by atoms with van der Waals surface area (Å²) in [4.78, 5) is 13.2. The number of hydrogen-bond acceptors (Lipinski definition) is 9. The highest BCUT2D eigenvalue weighted by Crippen LogP contribution is 2.56. The predicted octanol–water partition coefficient (Wildman–Crippen LogP) is 3.93. The summed E-state index contributed by atoms with van der Waals surface area (Å²) in [5.74, 6) is 0.274. The zero-order valence-electron chi connectivity index (χ0n) is 19.7. The SMILES string of the molecule is COc1cc([C@@H]2c3cc4c(cc3[C@@H](Nc3cccc(O)c3)[C@H]3COC(=O)[C@H]23)OCO4)cc(OC)c1O. The topological polar surface area (TPSA) is 116 Å². The Bertz CT molecular complexity index is 1330. The fourth-order valence-electron chi connectivity index (χ4n) is 5.62. The van der Waals surface area contributed by atoms with Crippen molar-refractivity contribution in [2.24, 2.45) is 11.8 Å². The molecular weight excluding hydrogens is 466 g/mol. The third-order valence-electron chi connectivity index (χ3n) is 7.22. The second-order valence-electron chi connectivity index (χ2n) is 9.08. The number of esters is 1. The van der Waals surface area contributed by atoms with Gasteiger partial charge in [0, 0.05) is 23.6 Å². The summed E-state index contributed by atoms with van der Waals surface area (Å²) in [6.07, 6.45) is 0. The number of phenols is 2. The van der Waals surface area contributed by atoms with Crippen molar-refractivity contribution in [3.63, 3.8) is 0 Å². The van der Waals surface area contributed by atoms with E-state index in [1.807, 2.05) is 18.2 Å². The largest absolute Gasteiger partial charge is 0.508 e. The fraction of sp³-hybridized carbons (Fsp3) is 0.296. The molecule has 0 aromatic heterocycles. The predicted molar refractivity (Wildman–Crippen MR) is 128 cm³/mol. The van der Waals surface area contributed by atoms with Crippen LogP contribution in [0.2, 0.25) is 0 Å². The summed E-state index contributed by atoms with van der Waals surface area (Å²) >= 11 is 0. The second kappa shape index (κ2) is 8.44. The van der Waals surface area contributed by atoms with Crippen molar-refractivity contribution in [3.05, 3.63) is 65.2 Å². The molecule has 1 fully saturated rings. The molecule has 3 N–H and O–H groups in total. The Morgan fingerprint density at radius 2 is 1.61 bits per heavy atom. The summed E-state index contributed by atoms with van der Waals surface area (Å²) in [5.41, 5.74) is 3.25. The van der Waals surface area contributed by atoms with Crippen LogP contribution in [-0.2, 0) is 9.53 Å². The maximum absolute atomic E-state index is 13.2. The van der Waals surface area contributed by atoms with E-state index < -0.39 is 11.8 Å². The Hall–Kier alpha value is -4.27. The number of methoxy groups -OCH3 is 2. The number of ether oxygens (including phenoxy) is 5. The van der Waals surface area contributed by atoms with Gasteiger partial charge >= 0.3 is 5.97 Å². The van der Waals surface area contributed by atoms with Gasteiger partial charge in [-0.05, 0) is 53.1 Å². The molecule has 186 valence electrons. The number of phenolic OH excluding ortho intramolecular Hbond substituents is 2. The fourth-order valence-corrected chi connectivity index (χ4v) is 5.62. The lowest BCUT2D eigenvalue weighted by Gasteiger charge is -2.40. The monoisotopic (exact) mass is 491 g/mol. The van der Waals surface area contributed by atoms with Gasteiger partial charge in [-0.2, -0.15) is 0 Å². The lowest BCUT2D eigenvalue weighted by molar-refractivity contribution is -0.141. The van der Waals surface area contributed by atoms with E-state index in [2.05, 4.69) is 5.32 Å². The minimum atomic E-state index is -0.522. The average molecular weight is 491 g/mol. The first kappa shape index (κ1) is 22.2. The maximum Gasteiger partial charge on any atom is 0.310 e. The highest BCUT2D eigenvalue weighted by atomic mass is 16.7. The van der Waals surface area contributed by atoms with Crippen molar-refractivity contribution in [2.75, 3.05) is 32.9 Å². The van der Waals surface area contributed by atoms with Crippen LogP contribution in [0.3, 0.4) is 0 Å². The molecule has 9 heteroatoms. The zero-order chi connectivity index (χ0) is 25.0. The smallest absolute Gasteiger partial charge is 0.310 e. The molecule has 9 nitrogen and oxygen atoms in total. The van der Waals surface area contributed by atoms with Crippen molar-refractivity contribution < 1.29 is 38.7 Å². The van der Waals surface area contributed by atoms with Crippen molar-refractivity contribution in [1.29, 1.82) is 0 Å². The number of nitrogens with one attached hydrogen (secondary N) is 1. The number of cyclic esters (lactones) is 1. The highest BCUT2D eigenvalue weighted by Gasteiger charge is 2.52. The maximum atomic E-state index is 13.2. The van der Waals surface area contributed by atoms with Crippen LogP contribution >= 0.6 is 0 Å². The second-order valence-corrected chi connectivity index (χ2v) is 9.08. The van der Waals surface area contributed by atoms with Gasteiger partial charge < -0.3 is 39.2 Å². The van der Waals surface area contributed by atoms with Gasteiger partial charge in [-0.1, -0.05) is 6.07 Å². The van der Waals surface area contributed by atoms with Crippen LogP contribution < -0.4 is 24.3 Å². The van der Waals surface area contributed by atoms with Gasteiger partial charge in [-0.15, -0.1) is 0 Å². The molecule has 2 aliphatic heterocycles. The quantitative estimate of drug-likeness (QED) is 0.457. The molecule has 0 saturated carbocycles. The Labute approximate surface area is 207 Å². The molecule has 3 aliphatic rings. The summed E-state index contributed by atoms with van der Waals surface area (Å²) in [6, 6.07) is 13.9. The Balaban J connectivity index is 1.55.